The van der Waals surface area contributed by atoms with Crippen LogP contribution in [-0.2, 0) is 0 Å². The third-order valence-electron chi connectivity index (χ3n) is 2.69. The molecule has 1 aromatic rings. The van der Waals surface area contributed by atoms with Crippen molar-refractivity contribution in [3.8, 4) is 0 Å². The summed E-state index contributed by atoms with van der Waals surface area (Å²) in [7, 11) is 0. The van der Waals surface area contributed by atoms with Gasteiger partial charge in [-0.25, -0.2) is 0 Å². The zero-order valence-corrected chi connectivity index (χ0v) is 10.1. The largest absolute Gasteiger partial charge is 0.305 e. The highest BCUT2D eigenvalue weighted by Crippen LogP contribution is 2.34. The molecule has 82 valence electrons. The fourth-order valence-corrected chi connectivity index (χ4v) is 3.02. The summed E-state index contributed by atoms with van der Waals surface area (Å²) in [6.45, 7) is 1.73. The molecule has 0 saturated carbocycles. The van der Waals surface area contributed by atoms with Crippen molar-refractivity contribution in [2.45, 2.75) is 11.3 Å². The number of nitrogens with one attached hydrogen (secondary N) is 1. The van der Waals surface area contributed by atoms with E-state index >= 15 is 0 Å². The fraction of sp³-hybridized carbons (Fsp3) is 0.273. The molecule has 0 amide bonds. The first-order valence-corrected chi connectivity index (χ1v) is 6.33. The number of hydrogen-bond acceptors (Lipinski definition) is 3. The lowest BCUT2D eigenvalue weighted by molar-refractivity contribution is 0.552. The van der Waals surface area contributed by atoms with Gasteiger partial charge < -0.3 is 4.90 Å². The summed E-state index contributed by atoms with van der Waals surface area (Å²) in [5, 5.41) is 9.26. The van der Waals surface area contributed by atoms with Crippen LogP contribution in [0.2, 0.25) is 5.02 Å². The van der Waals surface area contributed by atoms with Crippen LogP contribution < -0.4 is 0 Å². The van der Waals surface area contributed by atoms with E-state index in [0.29, 0.717) is 5.17 Å². The lowest BCUT2D eigenvalue weighted by Crippen LogP contribution is -2.42. The van der Waals surface area contributed by atoms with Crippen LogP contribution in [0, 0.1) is 5.41 Å². The number of fused-ring (bicyclic) bond motifs is 3. The zero-order chi connectivity index (χ0) is 11.1. The van der Waals surface area contributed by atoms with Gasteiger partial charge in [-0.3, -0.25) is 10.4 Å². The summed E-state index contributed by atoms with van der Waals surface area (Å²) in [4.78, 5) is 7.55. The van der Waals surface area contributed by atoms with Crippen LogP contribution in [0.3, 0.4) is 0 Å². The number of nitrogens with zero attached hydrogens (tertiary/aromatic N) is 2. The lowest BCUT2D eigenvalue weighted by atomic mass is 10.1. The molecule has 1 N–H and O–H groups in total. The Balaban J connectivity index is 2.18. The molecule has 0 aromatic heterocycles. The maximum Gasteiger partial charge on any atom is 0.166 e. The van der Waals surface area contributed by atoms with E-state index in [2.05, 4.69) is 4.99 Å². The fourth-order valence-electron chi connectivity index (χ4n) is 1.96. The number of aliphatic imine (C=N–C) groups is 1. The molecule has 2 heterocycles. The predicted molar refractivity (Wildman–Crippen MR) is 67.8 cm³/mol. The number of amidine groups is 2. The van der Waals surface area contributed by atoms with Gasteiger partial charge in [-0.15, -0.1) is 0 Å². The molecule has 16 heavy (non-hydrogen) atoms. The second kappa shape index (κ2) is 3.79. The Morgan fingerprint density at radius 1 is 1.44 bits per heavy atom. The van der Waals surface area contributed by atoms with Gasteiger partial charge in [0.25, 0.3) is 0 Å². The van der Waals surface area contributed by atoms with Crippen molar-refractivity contribution in [2.75, 3.05) is 13.1 Å². The van der Waals surface area contributed by atoms with Crippen molar-refractivity contribution in [3.63, 3.8) is 0 Å². The van der Waals surface area contributed by atoms with Crippen LogP contribution in [0.1, 0.15) is 12.0 Å². The molecule has 0 bridgehead atoms. The summed E-state index contributed by atoms with van der Waals surface area (Å²) < 4.78 is 0. The Kier molecular flexibility index (Phi) is 2.41. The maximum atomic E-state index is 7.97. The molecule has 5 heteroatoms. The first kappa shape index (κ1) is 10.2. The summed E-state index contributed by atoms with van der Waals surface area (Å²) in [6.07, 6.45) is 1.02. The SMILES string of the molecule is N=C1Sc2ccc(Cl)cc2C2=NCCCN12. The van der Waals surface area contributed by atoms with E-state index < -0.39 is 0 Å². The van der Waals surface area contributed by atoms with Gasteiger partial charge in [0.2, 0.25) is 0 Å². The van der Waals surface area contributed by atoms with E-state index in [4.69, 9.17) is 17.0 Å². The predicted octanol–water partition coefficient (Wildman–Crippen LogP) is 2.83. The Morgan fingerprint density at radius 2 is 2.31 bits per heavy atom. The van der Waals surface area contributed by atoms with Gasteiger partial charge in [-0.2, -0.15) is 0 Å². The van der Waals surface area contributed by atoms with Gasteiger partial charge >= 0.3 is 0 Å². The second-order valence-electron chi connectivity index (χ2n) is 3.76. The standard InChI is InChI=1S/C11H10ClN3S/c12-7-2-3-9-8(6-7)10-14-4-1-5-15(10)11(13)16-9/h2-3,6,13H,1,4-5H2. The van der Waals surface area contributed by atoms with Gasteiger partial charge in [0.05, 0.1) is 0 Å². The van der Waals surface area contributed by atoms with Gasteiger partial charge in [-0.05, 0) is 24.6 Å². The smallest absolute Gasteiger partial charge is 0.166 e. The quantitative estimate of drug-likeness (QED) is 0.770. The van der Waals surface area contributed by atoms with Crippen molar-refractivity contribution in [1.82, 2.24) is 4.90 Å². The third kappa shape index (κ3) is 1.53. The molecule has 0 saturated heterocycles. The monoisotopic (exact) mass is 251 g/mol. The molecular weight excluding hydrogens is 242 g/mol. The van der Waals surface area contributed by atoms with Crippen LogP contribution in [0.15, 0.2) is 28.1 Å². The minimum Gasteiger partial charge on any atom is -0.305 e. The second-order valence-corrected chi connectivity index (χ2v) is 5.23. The van der Waals surface area contributed by atoms with E-state index in [-0.39, 0.29) is 0 Å². The van der Waals surface area contributed by atoms with Crippen molar-refractivity contribution in [1.29, 1.82) is 5.41 Å². The number of thioether (sulfide) groups is 1. The van der Waals surface area contributed by atoms with E-state index in [1.54, 1.807) is 0 Å². The van der Waals surface area contributed by atoms with E-state index in [0.717, 1.165) is 40.8 Å². The Hall–Kier alpha value is -1.00. The summed E-state index contributed by atoms with van der Waals surface area (Å²) in [6, 6.07) is 5.76. The highest BCUT2D eigenvalue weighted by atomic mass is 35.5. The van der Waals surface area contributed by atoms with Crippen molar-refractivity contribution in [2.24, 2.45) is 4.99 Å². The third-order valence-corrected chi connectivity index (χ3v) is 3.92. The highest BCUT2D eigenvalue weighted by Gasteiger charge is 2.28. The molecule has 0 unspecified atom stereocenters. The van der Waals surface area contributed by atoms with E-state index in [1.807, 2.05) is 23.1 Å². The summed E-state index contributed by atoms with van der Waals surface area (Å²) in [5.41, 5.74) is 1.06. The Labute approximate surface area is 103 Å². The average molecular weight is 252 g/mol. The molecule has 2 aliphatic rings. The Bertz CT molecular complexity index is 498. The summed E-state index contributed by atoms with van der Waals surface area (Å²) >= 11 is 7.48. The zero-order valence-electron chi connectivity index (χ0n) is 8.53. The van der Waals surface area contributed by atoms with Gasteiger partial charge in [0.15, 0.2) is 5.17 Å². The maximum absolute atomic E-state index is 7.97. The van der Waals surface area contributed by atoms with Crippen LogP contribution in [-0.4, -0.2) is 29.0 Å². The van der Waals surface area contributed by atoms with Crippen molar-refractivity contribution < 1.29 is 0 Å². The van der Waals surface area contributed by atoms with Crippen molar-refractivity contribution >= 4 is 34.4 Å². The topological polar surface area (TPSA) is 39.5 Å². The van der Waals surface area contributed by atoms with Gasteiger partial charge in [-0.1, -0.05) is 23.4 Å². The van der Waals surface area contributed by atoms with Gasteiger partial charge in [0, 0.05) is 28.6 Å². The first-order valence-electron chi connectivity index (χ1n) is 5.14. The number of hydrogen-bond donors (Lipinski definition) is 1. The van der Waals surface area contributed by atoms with Crippen LogP contribution in [0.5, 0.6) is 0 Å². The number of halogens is 1. The normalized spacial score (nSPS) is 18.9. The summed E-state index contributed by atoms with van der Waals surface area (Å²) in [5.74, 6) is 0.910. The molecule has 0 aliphatic carbocycles. The first-order chi connectivity index (χ1) is 7.75. The molecule has 0 fully saturated rings. The van der Waals surface area contributed by atoms with Crippen LogP contribution in [0.4, 0.5) is 0 Å². The van der Waals surface area contributed by atoms with Crippen molar-refractivity contribution in [3.05, 3.63) is 28.8 Å². The molecule has 3 nitrogen and oxygen atoms in total. The molecule has 1 aromatic carbocycles. The molecule has 0 atom stereocenters. The minimum atomic E-state index is 0.563. The van der Waals surface area contributed by atoms with E-state index in [9.17, 15) is 0 Å². The average Bonchev–Trinajstić information content (AvgIpc) is 2.31. The Morgan fingerprint density at radius 3 is 3.19 bits per heavy atom. The van der Waals surface area contributed by atoms with Gasteiger partial charge in [0.1, 0.15) is 5.84 Å². The minimum absolute atomic E-state index is 0.563. The molecule has 2 aliphatic heterocycles. The number of rotatable bonds is 0. The van der Waals surface area contributed by atoms with Crippen LogP contribution in [0.25, 0.3) is 0 Å². The van der Waals surface area contributed by atoms with Crippen LogP contribution >= 0.6 is 23.4 Å². The molecular formula is C11H10ClN3S. The molecule has 0 spiro atoms. The molecule has 0 radical (unpaired) electrons. The number of benzene rings is 1. The lowest BCUT2D eigenvalue weighted by Gasteiger charge is -2.33. The molecule has 3 rings (SSSR count). The highest BCUT2D eigenvalue weighted by molar-refractivity contribution is 8.14. The van der Waals surface area contributed by atoms with E-state index in [1.165, 1.54) is 11.8 Å².